The first kappa shape index (κ1) is 10.7. The number of fused-ring (bicyclic) bond motifs is 2. The van der Waals surface area contributed by atoms with Crippen LogP contribution in [-0.4, -0.2) is 15.5 Å². The van der Waals surface area contributed by atoms with Crippen LogP contribution in [0.1, 0.15) is 45.4 Å². The fourth-order valence-corrected chi connectivity index (χ4v) is 2.85. The Balaban J connectivity index is 1.93. The first-order chi connectivity index (χ1) is 6.65. The van der Waals surface area contributed by atoms with Gasteiger partial charge >= 0.3 is 5.97 Å². The summed E-state index contributed by atoms with van der Waals surface area (Å²) in [6.07, 6.45) is 6.76. The highest BCUT2D eigenvalue weighted by Gasteiger charge is 2.48. The molecule has 14 heavy (non-hydrogen) atoms. The molecule has 2 rings (SSSR count). The summed E-state index contributed by atoms with van der Waals surface area (Å²) in [6, 6.07) is 0. The van der Waals surface area contributed by atoms with Gasteiger partial charge in [0.15, 0.2) is 0 Å². The van der Waals surface area contributed by atoms with Gasteiger partial charge in [-0.15, -0.1) is 0 Å². The highest BCUT2D eigenvalue weighted by atomic mass is 127. The Kier molecular flexibility index (Phi) is 3.05. The highest BCUT2D eigenvalue weighted by Crippen LogP contribution is 2.50. The summed E-state index contributed by atoms with van der Waals surface area (Å²) in [5.41, 5.74) is -0.0413. The SMILES string of the molecule is CCC(I)C(=O)OC12CCC(CC1)C2. The van der Waals surface area contributed by atoms with Crippen molar-refractivity contribution in [3.05, 3.63) is 0 Å². The summed E-state index contributed by atoms with van der Waals surface area (Å²) in [7, 11) is 0. The van der Waals surface area contributed by atoms with Gasteiger partial charge in [0, 0.05) is 0 Å². The van der Waals surface area contributed by atoms with Gasteiger partial charge in [-0.05, 0) is 44.4 Å². The molecule has 0 heterocycles. The minimum absolute atomic E-state index is 0.00986. The smallest absolute Gasteiger partial charge is 0.319 e. The molecule has 2 nitrogen and oxygen atoms in total. The first-order valence-electron chi connectivity index (χ1n) is 5.52. The molecular weight excluding hydrogens is 291 g/mol. The topological polar surface area (TPSA) is 26.3 Å². The zero-order chi connectivity index (χ0) is 10.2. The Morgan fingerprint density at radius 2 is 2.21 bits per heavy atom. The molecular formula is C11H17IO2. The van der Waals surface area contributed by atoms with Crippen LogP contribution in [0.5, 0.6) is 0 Å². The van der Waals surface area contributed by atoms with E-state index < -0.39 is 0 Å². The quantitative estimate of drug-likeness (QED) is 0.455. The van der Waals surface area contributed by atoms with Gasteiger partial charge in [0.05, 0.1) is 0 Å². The average molecular weight is 308 g/mol. The lowest BCUT2D eigenvalue weighted by molar-refractivity contribution is -0.157. The lowest BCUT2D eigenvalue weighted by atomic mass is 9.97. The minimum atomic E-state index is -0.0413. The number of ether oxygens (including phenoxy) is 1. The number of rotatable bonds is 3. The van der Waals surface area contributed by atoms with Crippen LogP contribution < -0.4 is 0 Å². The van der Waals surface area contributed by atoms with Gasteiger partial charge in [0.25, 0.3) is 0 Å². The molecule has 1 unspecified atom stereocenters. The van der Waals surface area contributed by atoms with Gasteiger partial charge < -0.3 is 4.74 Å². The van der Waals surface area contributed by atoms with Crippen LogP contribution in [0.2, 0.25) is 0 Å². The number of esters is 1. The predicted molar refractivity (Wildman–Crippen MR) is 63.5 cm³/mol. The zero-order valence-electron chi connectivity index (χ0n) is 8.59. The van der Waals surface area contributed by atoms with E-state index in [-0.39, 0.29) is 15.5 Å². The van der Waals surface area contributed by atoms with Crippen molar-refractivity contribution in [2.24, 2.45) is 5.92 Å². The van der Waals surface area contributed by atoms with Crippen LogP contribution in [0.4, 0.5) is 0 Å². The van der Waals surface area contributed by atoms with Crippen molar-refractivity contribution in [3.8, 4) is 0 Å². The van der Waals surface area contributed by atoms with Crippen LogP contribution in [0, 0.1) is 5.92 Å². The van der Waals surface area contributed by atoms with Gasteiger partial charge in [0.1, 0.15) is 9.53 Å². The lowest BCUT2D eigenvalue weighted by Crippen LogP contribution is -2.33. The standard InChI is InChI=1S/C11H17IO2/c1-2-9(12)10(13)14-11-5-3-8(7-11)4-6-11/h8-9H,2-7H2,1H3. The van der Waals surface area contributed by atoms with E-state index in [1.807, 2.05) is 6.92 Å². The van der Waals surface area contributed by atoms with Crippen molar-refractivity contribution in [2.75, 3.05) is 0 Å². The summed E-state index contributed by atoms with van der Waals surface area (Å²) in [6.45, 7) is 2.03. The molecule has 0 aromatic heterocycles. The van der Waals surface area contributed by atoms with Crippen LogP contribution >= 0.6 is 22.6 Å². The molecule has 0 aromatic carbocycles. The minimum Gasteiger partial charge on any atom is -0.458 e. The van der Waals surface area contributed by atoms with Gasteiger partial charge in [-0.3, -0.25) is 4.79 Å². The first-order valence-corrected chi connectivity index (χ1v) is 6.77. The van der Waals surface area contributed by atoms with Gasteiger partial charge in [-0.25, -0.2) is 0 Å². The van der Waals surface area contributed by atoms with Gasteiger partial charge in [0.2, 0.25) is 0 Å². The van der Waals surface area contributed by atoms with Crippen molar-refractivity contribution in [2.45, 2.75) is 55.0 Å². The monoisotopic (exact) mass is 308 g/mol. The third-order valence-electron chi connectivity index (χ3n) is 3.61. The molecule has 0 saturated heterocycles. The second kappa shape index (κ2) is 3.99. The summed E-state index contributed by atoms with van der Waals surface area (Å²) < 4.78 is 5.74. The Morgan fingerprint density at radius 1 is 1.57 bits per heavy atom. The number of hydrogen-bond donors (Lipinski definition) is 0. The number of halogens is 1. The van der Waals surface area contributed by atoms with E-state index in [0.717, 1.165) is 31.6 Å². The van der Waals surface area contributed by atoms with E-state index >= 15 is 0 Å². The molecule has 2 aliphatic rings. The molecule has 2 fully saturated rings. The highest BCUT2D eigenvalue weighted by molar-refractivity contribution is 14.1. The maximum absolute atomic E-state index is 11.7. The summed E-state index contributed by atoms with van der Waals surface area (Å²) >= 11 is 2.18. The summed E-state index contributed by atoms with van der Waals surface area (Å²) in [4.78, 5) is 11.7. The predicted octanol–water partition coefficient (Wildman–Crippen LogP) is 3.08. The third-order valence-corrected chi connectivity index (χ3v) is 5.00. The Labute approximate surface area is 98.9 Å². The van der Waals surface area contributed by atoms with Crippen molar-refractivity contribution in [1.82, 2.24) is 0 Å². The summed E-state index contributed by atoms with van der Waals surface area (Å²) in [5, 5.41) is 0. The fourth-order valence-electron chi connectivity index (χ4n) is 2.73. The molecule has 3 heteroatoms. The van der Waals surface area contributed by atoms with Crippen molar-refractivity contribution in [3.63, 3.8) is 0 Å². The van der Waals surface area contributed by atoms with Crippen LogP contribution in [0.25, 0.3) is 0 Å². The third kappa shape index (κ3) is 1.92. The summed E-state index contributed by atoms with van der Waals surface area (Å²) in [5.74, 6) is 0.854. The second-order valence-corrected chi connectivity index (χ2v) is 6.13. The van der Waals surface area contributed by atoms with E-state index in [9.17, 15) is 4.79 Å². The molecule has 2 saturated carbocycles. The molecule has 0 spiro atoms. The number of hydrogen-bond acceptors (Lipinski definition) is 2. The van der Waals surface area contributed by atoms with Crippen molar-refractivity contribution in [1.29, 1.82) is 0 Å². The van der Waals surface area contributed by atoms with Crippen LogP contribution in [-0.2, 0) is 9.53 Å². The van der Waals surface area contributed by atoms with Gasteiger partial charge in [-0.1, -0.05) is 29.5 Å². The molecule has 0 N–H and O–H groups in total. The molecule has 2 bridgehead atoms. The van der Waals surface area contributed by atoms with Gasteiger partial charge in [-0.2, -0.15) is 0 Å². The van der Waals surface area contributed by atoms with Crippen LogP contribution in [0.15, 0.2) is 0 Å². The largest absolute Gasteiger partial charge is 0.458 e. The van der Waals surface area contributed by atoms with E-state index in [2.05, 4.69) is 22.6 Å². The van der Waals surface area contributed by atoms with Crippen molar-refractivity contribution < 1.29 is 9.53 Å². The number of alkyl halides is 1. The van der Waals surface area contributed by atoms with E-state index in [1.165, 1.54) is 12.8 Å². The maximum atomic E-state index is 11.7. The van der Waals surface area contributed by atoms with E-state index in [1.54, 1.807) is 0 Å². The van der Waals surface area contributed by atoms with Crippen LogP contribution in [0.3, 0.4) is 0 Å². The average Bonchev–Trinajstić information content (AvgIpc) is 2.75. The van der Waals surface area contributed by atoms with E-state index in [4.69, 9.17) is 4.74 Å². The molecule has 0 aliphatic heterocycles. The maximum Gasteiger partial charge on any atom is 0.319 e. The van der Waals surface area contributed by atoms with Crippen molar-refractivity contribution >= 4 is 28.6 Å². The number of carbonyl (C=O) groups is 1. The number of carbonyl (C=O) groups excluding carboxylic acids is 1. The molecule has 0 amide bonds. The Bertz CT molecular complexity index is 231. The molecule has 2 aliphatic carbocycles. The molecule has 0 aromatic rings. The Morgan fingerprint density at radius 3 is 2.64 bits per heavy atom. The molecule has 80 valence electrons. The zero-order valence-corrected chi connectivity index (χ0v) is 10.7. The normalized spacial score (nSPS) is 37.1. The lowest BCUT2D eigenvalue weighted by Gasteiger charge is -2.27. The molecule has 1 atom stereocenters. The van der Waals surface area contributed by atoms with E-state index in [0.29, 0.717) is 0 Å². The molecule has 0 radical (unpaired) electrons. The fraction of sp³-hybridized carbons (Fsp3) is 0.909. The second-order valence-electron chi connectivity index (χ2n) is 4.63. The Hall–Kier alpha value is 0.200.